The Hall–Kier alpha value is -4.20. The first-order valence-electron chi connectivity index (χ1n) is 11.4. The summed E-state index contributed by atoms with van der Waals surface area (Å²) in [5.74, 6) is 0.688. The van der Waals surface area contributed by atoms with Gasteiger partial charge in [0.1, 0.15) is 0 Å². The number of benzene rings is 1. The molecule has 3 heterocycles. The molecule has 0 fully saturated rings. The summed E-state index contributed by atoms with van der Waals surface area (Å²) < 4.78 is 12.2. The Morgan fingerprint density at radius 1 is 0.971 bits per heavy atom. The van der Waals surface area contributed by atoms with E-state index in [9.17, 15) is 4.79 Å². The average molecular weight is 474 g/mol. The van der Waals surface area contributed by atoms with Gasteiger partial charge in [-0.2, -0.15) is 5.10 Å². The molecule has 0 saturated carbocycles. The summed E-state index contributed by atoms with van der Waals surface area (Å²) in [5, 5.41) is 7.22. The van der Waals surface area contributed by atoms with Crippen molar-refractivity contribution < 1.29 is 14.3 Å². The molecule has 182 valence electrons. The Balaban J connectivity index is 0.00000167. The number of aryl methyl sites for hydroxylation is 2. The van der Waals surface area contributed by atoms with E-state index >= 15 is 0 Å². The van der Waals surface area contributed by atoms with Crippen LogP contribution in [0.25, 0.3) is 22.3 Å². The Morgan fingerprint density at radius 2 is 1.77 bits per heavy atom. The van der Waals surface area contributed by atoms with Crippen molar-refractivity contribution in [1.29, 1.82) is 0 Å². The van der Waals surface area contributed by atoms with Gasteiger partial charge in [-0.3, -0.25) is 14.5 Å². The molecule has 0 atom stereocenters. The minimum absolute atomic E-state index is 0.215. The molecule has 1 aromatic carbocycles. The maximum absolute atomic E-state index is 13.3. The van der Waals surface area contributed by atoms with E-state index in [1.807, 2.05) is 58.3 Å². The standard InChI is InChI=1S/C25H25N5O3.C2H6/c1-16-9-18(12-26-11-16)17-5-7-21(19-13-28-30(2)15-19)22(10-17)24(31)27-14-20-6-8-23(32-3)25(29-20)33-4;1-2/h5-13,15H,14H2,1-4H3,(H,27,31);1-2H3. The van der Waals surface area contributed by atoms with Gasteiger partial charge in [-0.1, -0.05) is 26.0 Å². The normalized spacial score (nSPS) is 10.2. The van der Waals surface area contributed by atoms with E-state index < -0.39 is 0 Å². The molecule has 8 heteroatoms. The zero-order valence-corrected chi connectivity index (χ0v) is 21.0. The van der Waals surface area contributed by atoms with Crippen LogP contribution in [0.15, 0.2) is 61.2 Å². The largest absolute Gasteiger partial charge is 0.491 e. The summed E-state index contributed by atoms with van der Waals surface area (Å²) in [7, 11) is 4.93. The molecule has 4 aromatic rings. The van der Waals surface area contributed by atoms with Crippen LogP contribution >= 0.6 is 0 Å². The number of nitrogens with zero attached hydrogens (tertiary/aromatic N) is 4. The molecular formula is C27H31N5O3. The highest BCUT2D eigenvalue weighted by Crippen LogP contribution is 2.29. The van der Waals surface area contributed by atoms with E-state index in [0.717, 1.165) is 27.8 Å². The van der Waals surface area contributed by atoms with E-state index in [1.165, 1.54) is 7.11 Å². The zero-order chi connectivity index (χ0) is 25.4. The third-order valence-electron chi connectivity index (χ3n) is 5.21. The van der Waals surface area contributed by atoms with Crippen LogP contribution in [0, 0.1) is 6.92 Å². The second-order valence-corrected chi connectivity index (χ2v) is 7.61. The summed E-state index contributed by atoms with van der Waals surface area (Å²) in [5.41, 5.74) is 5.77. The van der Waals surface area contributed by atoms with Crippen molar-refractivity contribution in [3.8, 4) is 33.9 Å². The lowest BCUT2D eigenvalue weighted by Gasteiger charge is -2.13. The Morgan fingerprint density at radius 3 is 2.43 bits per heavy atom. The van der Waals surface area contributed by atoms with Gasteiger partial charge in [-0.15, -0.1) is 0 Å². The number of hydrogen-bond donors (Lipinski definition) is 1. The lowest BCUT2D eigenvalue weighted by atomic mass is 9.96. The maximum Gasteiger partial charge on any atom is 0.257 e. The van der Waals surface area contributed by atoms with Gasteiger partial charge in [-0.05, 0) is 47.9 Å². The van der Waals surface area contributed by atoms with Crippen molar-refractivity contribution in [3.05, 3.63) is 78.0 Å². The first kappa shape index (κ1) is 25.4. The maximum atomic E-state index is 13.3. The van der Waals surface area contributed by atoms with E-state index in [0.29, 0.717) is 22.9 Å². The summed E-state index contributed by atoms with van der Waals surface area (Å²) in [4.78, 5) is 22.0. The molecule has 0 aliphatic heterocycles. The number of carbonyl (C=O) groups is 1. The van der Waals surface area contributed by atoms with Gasteiger partial charge in [0.2, 0.25) is 0 Å². The van der Waals surface area contributed by atoms with Crippen molar-refractivity contribution in [1.82, 2.24) is 25.1 Å². The number of rotatable bonds is 7. The van der Waals surface area contributed by atoms with Gasteiger partial charge in [0, 0.05) is 42.3 Å². The van der Waals surface area contributed by atoms with Crippen LogP contribution in [0.4, 0.5) is 0 Å². The molecule has 0 aliphatic rings. The van der Waals surface area contributed by atoms with Crippen LogP contribution in [0.5, 0.6) is 11.6 Å². The third-order valence-corrected chi connectivity index (χ3v) is 5.21. The highest BCUT2D eigenvalue weighted by molar-refractivity contribution is 6.02. The van der Waals surface area contributed by atoms with Crippen molar-refractivity contribution >= 4 is 5.91 Å². The van der Waals surface area contributed by atoms with Gasteiger partial charge in [-0.25, -0.2) is 4.98 Å². The molecule has 4 rings (SSSR count). The first-order valence-corrected chi connectivity index (χ1v) is 11.4. The van der Waals surface area contributed by atoms with E-state index in [4.69, 9.17) is 9.47 Å². The number of methoxy groups -OCH3 is 2. The van der Waals surface area contributed by atoms with Crippen LogP contribution in [0.2, 0.25) is 0 Å². The predicted octanol–water partition coefficient (Wildman–Crippen LogP) is 4.83. The van der Waals surface area contributed by atoms with Crippen LogP contribution in [-0.2, 0) is 13.6 Å². The second kappa shape index (κ2) is 11.8. The molecule has 0 unspecified atom stereocenters. The second-order valence-electron chi connectivity index (χ2n) is 7.61. The number of amides is 1. The highest BCUT2D eigenvalue weighted by atomic mass is 16.5. The van der Waals surface area contributed by atoms with Crippen molar-refractivity contribution in [2.75, 3.05) is 14.2 Å². The van der Waals surface area contributed by atoms with Crippen molar-refractivity contribution in [2.45, 2.75) is 27.3 Å². The molecule has 0 aliphatic carbocycles. The summed E-state index contributed by atoms with van der Waals surface area (Å²) in [6, 6.07) is 11.4. The summed E-state index contributed by atoms with van der Waals surface area (Å²) >= 11 is 0. The Labute approximate surface area is 206 Å². The van der Waals surface area contributed by atoms with E-state index in [-0.39, 0.29) is 12.5 Å². The lowest BCUT2D eigenvalue weighted by Crippen LogP contribution is -2.24. The third kappa shape index (κ3) is 6.03. The number of hydrogen-bond acceptors (Lipinski definition) is 6. The molecule has 0 saturated heterocycles. The van der Waals surface area contributed by atoms with Gasteiger partial charge in [0.25, 0.3) is 11.8 Å². The molecule has 0 radical (unpaired) electrons. The smallest absolute Gasteiger partial charge is 0.257 e. The van der Waals surface area contributed by atoms with E-state index in [2.05, 4.69) is 20.4 Å². The highest BCUT2D eigenvalue weighted by Gasteiger charge is 2.16. The quantitative estimate of drug-likeness (QED) is 0.414. The molecule has 0 bridgehead atoms. The van der Waals surface area contributed by atoms with Crippen LogP contribution in [-0.4, -0.2) is 39.9 Å². The Bertz CT molecular complexity index is 1300. The zero-order valence-electron chi connectivity index (χ0n) is 21.0. The predicted molar refractivity (Wildman–Crippen MR) is 136 cm³/mol. The van der Waals surface area contributed by atoms with Crippen molar-refractivity contribution in [3.63, 3.8) is 0 Å². The first-order chi connectivity index (χ1) is 17.0. The monoisotopic (exact) mass is 473 g/mol. The average Bonchev–Trinajstić information content (AvgIpc) is 3.33. The van der Waals surface area contributed by atoms with Gasteiger partial charge in [0.15, 0.2) is 5.75 Å². The van der Waals surface area contributed by atoms with Crippen LogP contribution in [0.3, 0.4) is 0 Å². The topological polar surface area (TPSA) is 91.2 Å². The molecular weight excluding hydrogens is 442 g/mol. The number of pyridine rings is 2. The molecule has 35 heavy (non-hydrogen) atoms. The van der Waals surface area contributed by atoms with Crippen molar-refractivity contribution in [2.24, 2.45) is 7.05 Å². The van der Waals surface area contributed by atoms with E-state index in [1.54, 1.807) is 42.5 Å². The molecule has 3 aromatic heterocycles. The minimum atomic E-state index is -0.215. The lowest BCUT2D eigenvalue weighted by molar-refractivity contribution is 0.0951. The number of carbonyl (C=O) groups excluding carboxylic acids is 1. The summed E-state index contributed by atoms with van der Waals surface area (Å²) in [6.07, 6.45) is 7.23. The van der Waals surface area contributed by atoms with Gasteiger partial charge in [0.05, 0.1) is 32.7 Å². The van der Waals surface area contributed by atoms with Crippen LogP contribution < -0.4 is 14.8 Å². The minimum Gasteiger partial charge on any atom is -0.491 e. The molecule has 8 nitrogen and oxygen atoms in total. The molecule has 1 amide bonds. The van der Waals surface area contributed by atoms with Gasteiger partial charge < -0.3 is 14.8 Å². The molecule has 0 spiro atoms. The Kier molecular flexibility index (Phi) is 8.56. The number of aromatic nitrogens is 4. The fourth-order valence-corrected chi connectivity index (χ4v) is 3.57. The molecule has 1 N–H and O–H groups in total. The van der Waals surface area contributed by atoms with Gasteiger partial charge >= 0.3 is 0 Å². The summed E-state index contributed by atoms with van der Waals surface area (Å²) in [6.45, 7) is 6.23. The fraction of sp³-hybridized carbons (Fsp3) is 0.259. The number of ether oxygens (including phenoxy) is 2. The number of nitrogens with one attached hydrogen (secondary N) is 1. The SMILES string of the molecule is CC.COc1ccc(CNC(=O)c2cc(-c3cncc(C)c3)ccc2-c2cnn(C)c2)nc1OC. The fourth-order valence-electron chi connectivity index (χ4n) is 3.57. The van der Waals surface area contributed by atoms with Crippen LogP contribution in [0.1, 0.15) is 35.5 Å².